The molecule has 1 unspecified atom stereocenters. The average molecular weight is 382 g/mol. The summed E-state index contributed by atoms with van der Waals surface area (Å²) in [5.74, 6) is -1.03. The van der Waals surface area contributed by atoms with Gasteiger partial charge < -0.3 is 4.90 Å². The van der Waals surface area contributed by atoms with E-state index < -0.39 is 11.7 Å². The van der Waals surface area contributed by atoms with Gasteiger partial charge in [-0.25, -0.2) is 0 Å². The lowest BCUT2D eigenvalue weighted by Gasteiger charge is -2.23. The summed E-state index contributed by atoms with van der Waals surface area (Å²) in [7, 11) is 0. The molecule has 24 heavy (non-hydrogen) atoms. The molecule has 0 aliphatic carbocycles. The first kappa shape index (κ1) is 17.2. The molecule has 4 nitrogen and oxygen atoms in total. The second kappa shape index (κ2) is 7.07. The Hall–Kier alpha value is -1.66. The van der Waals surface area contributed by atoms with Crippen LogP contribution in [0.1, 0.15) is 15.2 Å². The Morgan fingerprint density at radius 2 is 2.00 bits per heavy atom. The minimum Gasteiger partial charge on any atom is -0.310 e. The number of amides is 1. The predicted octanol–water partition coefficient (Wildman–Crippen LogP) is 2.81. The number of fused-ring (bicyclic) bond motifs is 1. The van der Waals surface area contributed by atoms with E-state index in [1.807, 2.05) is 12.1 Å². The van der Waals surface area contributed by atoms with Crippen LogP contribution in [-0.4, -0.2) is 24.9 Å². The zero-order chi connectivity index (χ0) is 17.3. The van der Waals surface area contributed by atoms with Crippen molar-refractivity contribution in [2.24, 2.45) is 0 Å². The number of rotatable bonds is 6. The van der Waals surface area contributed by atoms with Crippen molar-refractivity contribution in [1.82, 2.24) is 0 Å². The highest BCUT2D eigenvalue weighted by Crippen LogP contribution is 2.30. The van der Waals surface area contributed by atoms with Gasteiger partial charge in [0.15, 0.2) is 6.67 Å². The molecule has 0 radical (unpaired) electrons. The first-order valence-electron chi connectivity index (χ1n) is 7.34. The fourth-order valence-electron chi connectivity index (χ4n) is 2.74. The van der Waals surface area contributed by atoms with Crippen molar-refractivity contribution < 1.29 is 14.5 Å². The van der Waals surface area contributed by atoms with Crippen molar-refractivity contribution in [1.29, 1.82) is 0 Å². The molecular formula is C17H15Cl2N2O2S+. The van der Waals surface area contributed by atoms with Gasteiger partial charge in [-0.05, 0) is 36.4 Å². The van der Waals surface area contributed by atoms with Crippen LogP contribution in [0.3, 0.4) is 0 Å². The van der Waals surface area contributed by atoms with E-state index in [-0.39, 0.29) is 0 Å². The molecule has 1 aromatic carbocycles. The lowest BCUT2D eigenvalue weighted by molar-refractivity contribution is -0.906. The molecule has 1 aromatic heterocycles. The van der Waals surface area contributed by atoms with Gasteiger partial charge in [-0.15, -0.1) is 11.3 Å². The lowest BCUT2D eigenvalue weighted by Crippen LogP contribution is -3.12. The van der Waals surface area contributed by atoms with E-state index in [9.17, 15) is 9.59 Å². The Morgan fingerprint density at radius 1 is 1.21 bits per heavy atom. The molecule has 0 saturated carbocycles. The summed E-state index contributed by atoms with van der Waals surface area (Å²) >= 11 is 13.4. The van der Waals surface area contributed by atoms with Crippen LogP contribution in [0, 0.1) is 0 Å². The second-order valence-corrected chi connectivity index (χ2v) is 7.74. The minimum atomic E-state index is -0.516. The van der Waals surface area contributed by atoms with Crippen molar-refractivity contribution >= 4 is 51.9 Å². The number of anilines is 1. The standard InChI is InChI=1S/C17H14Cl2N2O2S/c1-2-7-20(9-12-4-6-15(19)24-12)10-21-14-5-3-11(18)8-13(14)16(22)17(21)23/h2-6,8H,1,7,9-10H2/p+1. The van der Waals surface area contributed by atoms with E-state index in [0.717, 1.165) is 14.1 Å². The first-order valence-corrected chi connectivity index (χ1v) is 8.91. The normalized spacial score (nSPS) is 14.8. The highest BCUT2D eigenvalue weighted by atomic mass is 35.5. The molecule has 7 heteroatoms. The molecule has 0 spiro atoms. The van der Waals surface area contributed by atoms with Crippen LogP contribution in [-0.2, 0) is 11.3 Å². The summed E-state index contributed by atoms with van der Waals surface area (Å²) < 4.78 is 0.732. The molecule has 0 fully saturated rings. The van der Waals surface area contributed by atoms with Gasteiger partial charge in [-0.3, -0.25) is 14.5 Å². The summed E-state index contributed by atoms with van der Waals surface area (Å²) in [5.41, 5.74) is 0.977. The summed E-state index contributed by atoms with van der Waals surface area (Å²) in [6, 6.07) is 8.78. The van der Waals surface area contributed by atoms with Gasteiger partial charge in [0, 0.05) is 5.02 Å². The monoisotopic (exact) mass is 381 g/mol. The molecular weight excluding hydrogens is 367 g/mol. The molecule has 1 aliphatic rings. The Morgan fingerprint density at radius 3 is 2.67 bits per heavy atom. The number of quaternary nitrogens is 1. The van der Waals surface area contributed by atoms with E-state index in [2.05, 4.69) is 6.58 Å². The Labute approximate surface area is 153 Å². The Kier molecular flexibility index (Phi) is 5.06. The van der Waals surface area contributed by atoms with Crippen LogP contribution >= 0.6 is 34.5 Å². The second-order valence-electron chi connectivity index (χ2n) is 5.51. The number of carbonyl (C=O) groups excluding carboxylic acids is 2. The molecule has 3 rings (SSSR count). The quantitative estimate of drug-likeness (QED) is 0.617. The molecule has 2 heterocycles. The van der Waals surface area contributed by atoms with Crippen LogP contribution in [0.2, 0.25) is 9.36 Å². The largest absolute Gasteiger partial charge is 0.310 e. The minimum absolute atomic E-state index is 0.365. The first-order chi connectivity index (χ1) is 11.5. The predicted molar refractivity (Wildman–Crippen MR) is 97.2 cm³/mol. The van der Waals surface area contributed by atoms with Gasteiger partial charge in [0.25, 0.3) is 5.78 Å². The van der Waals surface area contributed by atoms with Gasteiger partial charge in [0.05, 0.1) is 27.0 Å². The SMILES string of the molecule is C=CC[NH+](Cc1ccc(Cl)s1)CN1C(=O)C(=O)c2cc(Cl)ccc21. The topological polar surface area (TPSA) is 41.8 Å². The number of ketones is 1. The molecule has 0 saturated heterocycles. The number of nitrogens with zero attached hydrogens (tertiary/aromatic N) is 1. The number of thiophene rings is 1. The zero-order valence-electron chi connectivity index (χ0n) is 12.7. The number of Topliss-reactive ketones (excluding diaryl/α,β-unsaturated/α-hetero) is 1. The van der Waals surface area contributed by atoms with E-state index >= 15 is 0 Å². The van der Waals surface area contributed by atoms with Crippen LogP contribution in [0.15, 0.2) is 43.0 Å². The molecule has 2 aromatic rings. The van der Waals surface area contributed by atoms with Crippen molar-refractivity contribution in [2.75, 3.05) is 18.1 Å². The van der Waals surface area contributed by atoms with Crippen LogP contribution in [0.5, 0.6) is 0 Å². The Balaban J connectivity index is 1.83. The number of halogens is 2. The summed E-state index contributed by atoms with van der Waals surface area (Å²) in [6.45, 7) is 5.52. The fraction of sp³-hybridized carbons (Fsp3) is 0.176. The maximum absolute atomic E-state index is 12.3. The van der Waals surface area contributed by atoms with Crippen LogP contribution in [0.4, 0.5) is 5.69 Å². The van der Waals surface area contributed by atoms with Gasteiger partial charge in [0.2, 0.25) is 0 Å². The molecule has 1 amide bonds. The lowest BCUT2D eigenvalue weighted by atomic mass is 10.1. The maximum Gasteiger partial charge on any atom is 0.303 e. The molecule has 1 N–H and O–H groups in total. The van der Waals surface area contributed by atoms with E-state index in [4.69, 9.17) is 23.2 Å². The third-order valence-corrected chi connectivity index (χ3v) is 5.27. The summed E-state index contributed by atoms with van der Waals surface area (Å²) in [4.78, 5) is 28.2. The van der Waals surface area contributed by atoms with Crippen molar-refractivity contribution in [3.63, 3.8) is 0 Å². The number of hydrogen-bond donors (Lipinski definition) is 1. The Bertz CT molecular complexity index is 819. The van der Waals surface area contributed by atoms with Gasteiger partial charge in [-0.1, -0.05) is 29.8 Å². The van der Waals surface area contributed by atoms with Crippen molar-refractivity contribution in [3.8, 4) is 0 Å². The average Bonchev–Trinajstić information content (AvgIpc) is 3.05. The fourth-order valence-corrected chi connectivity index (χ4v) is 4.07. The molecule has 0 bridgehead atoms. The third kappa shape index (κ3) is 3.39. The summed E-state index contributed by atoms with van der Waals surface area (Å²) in [5, 5.41) is 0.445. The van der Waals surface area contributed by atoms with Crippen LogP contribution in [0.25, 0.3) is 0 Å². The molecule has 124 valence electrons. The van der Waals surface area contributed by atoms with E-state index in [1.165, 1.54) is 16.2 Å². The number of hydrogen-bond acceptors (Lipinski definition) is 3. The number of nitrogens with one attached hydrogen (secondary N) is 1. The van der Waals surface area contributed by atoms with Gasteiger partial charge in [0.1, 0.15) is 6.54 Å². The van der Waals surface area contributed by atoms with Gasteiger partial charge >= 0.3 is 5.91 Å². The highest BCUT2D eigenvalue weighted by molar-refractivity contribution is 7.16. The summed E-state index contributed by atoms with van der Waals surface area (Å²) in [6.07, 6.45) is 1.80. The van der Waals surface area contributed by atoms with Crippen molar-refractivity contribution in [3.05, 3.63) is 62.8 Å². The van der Waals surface area contributed by atoms with E-state index in [1.54, 1.807) is 24.3 Å². The van der Waals surface area contributed by atoms with Gasteiger partial charge in [-0.2, -0.15) is 0 Å². The van der Waals surface area contributed by atoms with Crippen LogP contribution < -0.4 is 9.80 Å². The number of benzene rings is 1. The zero-order valence-corrected chi connectivity index (χ0v) is 15.0. The highest BCUT2D eigenvalue weighted by Gasteiger charge is 2.37. The van der Waals surface area contributed by atoms with Crippen molar-refractivity contribution in [2.45, 2.75) is 6.54 Å². The van der Waals surface area contributed by atoms with E-state index in [0.29, 0.717) is 36.0 Å². The third-order valence-electron chi connectivity index (χ3n) is 3.80. The smallest absolute Gasteiger partial charge is 0.303 e. The molecule has 1 aliphatic heterocycles. The maximum atomic E-state index is 12.3. The number of carbonyl (C=O) groups is 2. The molecule has 1 atom stereocenters.